The fourth-order valence-corrected chi connectivity index (χ4v) is 3.80. The number of fused-ring (bicyclic) bond motifs is 1. The summed E-state index contributed by atoms with van der Waals surface area (Å²) < 4.78 is 1.98. The molecule has 8 heteroatoms. The van der Waals surface area contributed by atoms with Crippen molar-refractivity contribution in [2.75, 3.05) is 13.1 Å². The van der Waals surface area contributed by atoms with Crippen LogP contribution in [0.1, 0.15) is 23.2 Å². The van der Waals surface area contributed by atoms with E-state index in [9.17, 15) is 9.90 Å². The molecular formula is C21H20N6O2. The lowest BCUT2D eigenvalue weighted by atomic mass is 10.1. The van der Waals surface area contributed by atoms with E-state index in [0.29, 0.717) is 18.7 Å². The van der Waals surface area contributed by atoms with Gasteiger partial charge in [-0.1, -0.05) is 0 Å². The molecule has 0 aliphatic carbocycles. The summed E-state index contributed by atoms with van der Waals surface area (Å²) in [5.74, 6) is 0.639. The van der Waals surface area contributed by atoms with Gasteiger partial charge >= 0.3 is 0 Å². The number of β-amino-alcohol motifs (C(OH)–C–C–N with tert-alkyl or cyclic N) is 1. The zero-order valence-electron chi connectivity index (χ0n) is 15.7. The van der Waals surface area contributed by atoms with Crippen LogP contribution in [0.15, 0.2) is 55.1 Å². The smallest absolute Gasteiger partial charge is 0.255 e. The number of benzene rings is 1. The minimum atomic E-state index is -0.439. The zero-order valence-corrected chi connectivity index (χ0v) is 15.7. The van der Waals surface area contributed by atoms with Gasteiger partial charge in [-0.2, -0.15) is 5.10 Å². The van der Waals surface area contributed by atoms with E-state index in [1.54, 1.807) is 11.1 Å². The van der Waals surface area contributed by atoms with Crippen molar-refractivity contribution in [2.24, 2.45) is 0 Å². The van der Waals surface area contributed by atoms with Crippen molar-refractivity contribution in [1.82, 2.24) is 29.6 Å². The average Bonchev–Trinajstić information content (AvgIpc) is 3.43. The molecule has 2 N–H and O–H groups in total. The van der Waals surface area contributed by atoms with Crippen LogP contribution >= 0.6 is 0 Å². The van der Waals surface area contributed by atoms with E-state index in [1.807, 2.05) is 47.2 Å². The normalized spacial score (nSPS) is 17.0. The molecule has 0 spiro atoms. The lowest BCUT2D eigenvalue weighted by Crippen LogP contribution is -2.42. The summed E-state index contributed by atoms with van der Waals surface area (Å²) in [5.41, 5.74) is 3.25. The van der Waals surface area contributed by atoms with Crippen LogP contribution in [0.5, 0.6) is 0 Å². The number of rotatable bonds is 3. The second-order valence-electron chi connectivity index (χ2n) is 7.25. The highest BCUT2D eigenvalue weighted by Gasteiger charge is 2.23. The predicted molar refractivity (Wildman–Crippen MR) is 108 cm³/mol. The summed E-state index contributed by atoms with van der Waals surface area (Å²) in [6, 6.07) is 11.8. The number of hydrogen-bond acceptors (Lipinski definition) is 5. The van der Waals surface area contributed by atoms with E-state index in [1.165, 1.54) is 6.33 Å². The summed E-state index contributed by atoms with van der Waals surface area (Å²) in [4.78, 5) is 23.2. The Kier molecular flexibility index (Phi) is 4.33. The van der Waals surface area contributed by atoms with Gasteiger partial charge < -0.3 is 14.6 Å². The first kappa shape index (κ1) is 17.6. The van der Waals surface area contributed by atoms with Gasteiger partial charge in [0.15, 0.2) is 5.82 Å². The Morgan fingerprint density at radius 3 is 2.79 bits per heavy atom. The van der Waals surface area contributed by atoms with Crippen molar-refractivity contribution in [1.29, 1.82) is 0 Å². The highest BCUT2D eigenvalue weighted by Crippen LogP contribution is 2.23. The predicted octanol–water partition coefficient (Wildman–Crippen LogP) is 2.41. The number of carbonyl (C=O) groups excluding carboxylic acids is 1. The van der Waals surface area contributed by atoms with Gasteiger partial charge in [-0.3, -0.25) is 9.89 Å². The van der Waals surface area contributed by atoms with Gasteiger partial charge in [0.1, 0.15) is 12.0 Å². The van der Waals surface area contributed by atoms with Crippen molar-refractivity contribution in [3.8, 4) is 17.1 Å². The number of likely N-dealkylation sites (tertiary alicyclic amines) is 1. The molecular weight excluding hydrogens is 368 g/mol. The van der Waals surface area contributed by atoms with Crippen molar-refractivity contribution < 1.29 is 9.90 Å². The molecule has 4 heterocycles. The third-order valence-corrected chi connectivity index (χ3v) is 5.29. The van der Waals surface area contributed by atoms with Gasteiger partial charge in [0, 0.05) is 42.1 Å². The maximum Gasteiger partial charge on any atom is 0.255 e. The quantitative estimate of drug-likeness (QED) is 0.561. The lowest BCUT2D eigenvalue weighted by Gasteiger charge is -2.30. The van der Waals surface area contributed by atoms with E-state index < -0.39 is 6.10 Å². The van der Waals surface area contributed by atoms with E-state index in [0.717, 1.165) is 41.0 Å². The molecule has 1 aliphatic heterocycles. The summed E-state index contributed by atoms with van der Waals surface area (Å²) in [6.07, 6.45) is 6.17. The van der Waals surface area contributed by atoms with Crippen LogP contribution in [0.25, 0.3) is 28.1 Å². The fourth-order valence-electron chi connectivity index (χ4n) is 3.80. The molecule has 0 radical (unpaired) electrons. The number of hydrogen-bond donors (Lipinski definition) is 2. The molecule has 1 fully saturated rings. The van der Waals surface area contributed by atoms with Crippen LogP contribution in [-0.4, -0.2) is 59.8 Å². The van der Waals surface area contributed by atoms with Crippen molar-refractivity contribution in [2.45, 2.75) is 18.9 Å². The number of aliphatic hydroxyl groups excluding tert-OH is 1. The van der Waals surface area contributed by atoms with Gasteiger partial charge in [0.2, 0.25) is 0 Å². The molecule has 1 atom stereocenters. The molecule has 0 saturated carbocycles. The molecule has 1 saturated heterocycles. The van der Waals surface area contributed by atoms with Gasteiger partial charge in [-0.05, 0) is 49.2 Å². The first-order valence-electron chi connectivity index (χ1n) is 9.60. The van der Waals surface area contributed by atoms with Crippen molar-refractivity contribution in [3.05, 3.63) is 60.7 Å². The number of aromatic nitrogens is 5. The van der Waals surface area contributed by atoms with Crippen LogP contribution in [0.4, 0.5) is 0 Å². The third kappa shape index (κ3) is 3.27. The van der Waals surface area contributed by atoms with E-state index in [-0.39, 0.29) is 5.91 Å². The summed E-state index contributed by atoms with van der Waals surface area (Å²) in [6.45, 7) is 1.06. The van der Waals surface area contributed by atoms with Crippen LogP contribution in [-0.2, 0) is 0 Å². The molecule has 29 heavy (non-hydrogen) atoms. The van der Waals surface area contributed by atoms with Crippen LogP contribution in [0.3, 0.4) is 0 Å². The van der Waals surface area contributed by atoms with Crippen molar-refractivity contribution in [3.63, 3.8) is 0 Å². The average molecular weight is 388 g/mol. The number of nitrogens with one attached hydrogen (secondary N) is 1. The Balaban J connectivity index is 1.43. The second kappa shape index (κ2) is 7.14. The Hall–Kier alpha value is -3.52. The number of nitrogens with zero attached hydrogens (tertiary/aromatic N) is 5. The van der Waals surface area contributed by atoms with Crippen LogP contribution < -0.4 is 0 Å². The Morgan fingerprint density at radius 2 is 2.03 bits per heavy atom. The van der Waals surface area contributed by atoms with Crippen LogP contribution in [0, 0.1) is 0 Å². The summed E-state index contributed by atoms with van der Waals surface area (Å²) >= 11 is 0. The fraction of sp³-hybridized carbons (Fsp3) is 0.238. The first-order valence-corrected chi connectivity index (χ1v) is 9.60. The van der Waals surface area contributed by atoms with Gasteiger partial charge in [-0.15, -0.1) is 0 Å². The molecule has 8 nitrogen and oxygen atoms in total. The zero-order chi connectivity index (χ0) is 19.8. The minimum absolute atomic E-state index is 0.0812. The van der Waals surface area contributed by atoms with E-state index in [2.05, 4.69) is 20.2 Å². The van der Waals surface area contributed by atoms with E-state index >= 15 is 0 Å². The Bertz CT molecular complexity index is 1150. The maximum atomic E-state index is 12.8. The molecule has 0 bridgehead atoms. The number of carbonyl (C=O) groups is 1. The highest BCUT2D eigenvalue weighted by molar-refractivity contribution is 5.97. The SMILES string of the molecule is O=C(c1cnc2c(ccn2-c2ccc(-c3ncn[nH]3)cc2)c1)N1CCC[C@@H](O)C1. The highest BCUT2D eigenvalue weighted by atomic mass is 16.3. The summed E-state index contributed by atoms with van der Waals surface area (Å²) in [7, 11) is 0. The number of aliphatic hydroxyl groups is 1. The Morgan fingerprint density at radius 1 is 1.17 bits per heavy atom. The number of amides is 1. The molecule has 1 aromatic carbocycles. The number of pyridine rings is 1. The van der Waals surface area contributed by atoms with Crippen LogP contribution in [0.2, 0.25) is 0 Å². The topological polar surface area (TPSA) is 99.9 Å². The minimum Gasteiger partial charge on any atom is -0.391 e. The standard InChI is InChI=1S/C21H20N6O2/c28-18-2-1-8-26(12-18)21(29)16-10-15-7-9-27(20(15)22-11-16)17-5-3-14(4-6-17)19-23-13-24-25-19/h3-7,9-11,13,18,28H,1-2,8,12H2,(H,23,24,25)/t18-/m1/s1. The monoisotopic (exact) mass is 388 g/mol. The molecule has 1 aliphatic rings. The molecule has 5 rings (SSSR count). The number of H-pyrrole nitrogens is 1. The van der Waals surface area contributed by atoms with Gasteiger partial charge in [0.25, 0.3) is 5.91 Å². The van der Waals surface area contributed by atoms with Gasteiger partial charge in [-0.25, -0.2) is 9.97 Å². The molecule has 0 unspecified atom stereocenters. The maximum absolute atomic E-state index is 12.8. The molecule has 146 valence electrons. The molecule has 4 aromatic rings. The first-order chi connectivity index (χ1) is 14.2. The molecule has 1 amide bonds. The second-order valence-corrected chi connectivity index (χ2v) is 7.25. The lowest BCUT2D eigenvalue weighted by molar-refractivity contribution is 0.0473. The van der Waals surface area contributed by atoms with Crippen molar-refractivity contribution >= 4 is 16.9 Å². The summed E-state index contributed by atoms with van der Waals surface area (Å²) in [5, 5.41) is 17.5. The Labute approximate surface area is 166 Å². The number of aromatic amines is 1. The van der Waals surface area contributed by atoms with E-state index in [4.69, 9.17) is 0 Å². The molecule has 3 aromatic heterocycles. The van der Waals surface area contributed by atoms with Gasteiger partial charge in [0.05, 0.1) is 11.7 Å². The third-order valence-electron chi connectivity index (χ3n) is 5.29. The largest absolute Gasteiger partial charge is 0.391 e. The number of piperidine rings is 1.